The number of thiazole rings is 1. The molecule has 118 valence electrons. The summed E-state index contributed by atoms with van der Waals surface area (Å²) in [5.41, 5.74) is 0.528. The first-order chi connectivity index (χ1) is 11.6. The van der Waals surface area contributed by atoms with Crippen molar-refractivity contribution in [2.24, 2.45) is 0 Å². The molecular formula is C16H8ClFN4OS. The van der Waals surface area contributed by atoms with Crippen LogP contribution in [0.3, 0.4) is 0 Å². The fourth-order valence-corrected chi connectivity index (χ4v) is 3.34. The predicted octanol–water partition coefficient (Wildman–Crippen LogP) is 2.55. The Kier molecular flexibility index (Phi) is 3.59. The van der Waals surface area contributed by atoms with Crippen LogP contribution in [0.5, 0.6) is 0 Å². The minimum absolute atomic E-state index is 0.174. The average molecular weight is 359 g/mol. The van der Waals surface area contributed by atoms with Crippen molar-refractivity contribution in [2.75, 3.05) is 0 Å². The van der Waals surface area contributed by atoms with E-state index in [1.807, 2.05) is 6.07 Å². The number of pyridine rings is 1. The molecule has 0 aliphatic heterocycles. The summed E-state index contributed by atoms with van der Waals surface area (Å²) in [5.74, 6) is -0.0705. The van der Waals surface area contributed by atoms with Gasteiger partial charge in [0.05, 0.1) is 9.55 Å². The zero-order valence-electron chi connectivity index (χ0n) is 12.0. The molecule has 0 aliphatic carbocycles. The zero-order valence-corrected chi connectivity index (χ0v) is 13.6. The fourth-order valence-electron chi connectivity index (χ4n) is 2.23. The Morgan fingerprint density at radius 1 is 1.25 bits per heavy atom. The molecule has 3 heterocycles. The maximum atomic E-state index is 13.9. The van der Waals surface area contributed by atoms with Crippen molar-refractivity contribution in [1.82, 2.24) is 19.6 Å². The lowest BCUT2D eigenvalue weighted by molar-refractivity contribution is 0.625. The second-order valence-corrected chi connectivity index (χ2v) is 6.34. The SMILES string of the molecule is O=c1c(=Cc2c(F)cccc2Cl)sc2nc(-c3cccnc3)nn12. The van der Waals surface area contributed by atoms with E-state index < -0.39 is 5.82 Å². The standard InChI is InChI=1S/C16H8ClFN4OS/c17-11-4-1-5-12(18)10(11)7-13-15(23)22-16(24-13)20-14(21-22)9-3-2-6-19-8-9/h1-8H. The summed E-state index contributed by atoms with van der Waals surface area (Å²) in [4.78, 5) is 21.2. The van der Waals surface area contributed by atoms with E-state index in [2.05, 4.69) is 15.1 Å². The highest BCUT2D eigenvalue weighted by atomic mass is 35.5. The van der Waals surface area contributed by atoms with Crippen LogP contribution in [0.15, 0.2) is 47.5 Å². The number of hydrogen-bond donors (Lipinski definition) is 0. The van der Waals surface area contributed by atoms with Gasteiger partial charge in [-0.05, 0) is 30.3 Å². The number of nitrogens with zero attached hydrogens (tertiary/aromatic N) is 4. The second kappa shape index (κ2) is 5.77. The van der Waals surface area contributed by atoms with Gasteiger partial charge in [0.1, 0.15) is 5.82 Å². The Morgan fingerprint density at radius 3 is 2.83 bits per heavy atom. The van der Waals surface area contributed by atoms with E-state index in [0.717, 1.165) is 16.9 Å². The topological polar surface area (TPSA) is 60.2 Å². The van der Waals surface area contributed by atoms with Crippen LogP contribution in [-0.4, -0.2) is 19.6 Å². The number of hydrogen-bond acceptors (Lipinski definition) is 5. The van der Waals surface area contributed by atoms with Crippen LogP contribution in [0.25, 0.3) is 22.4 Å². The average Bonchev–Trinajstić information content (AvgIpc) is 3.12. The minimum Gasteiger partial charge on any atom is -0.266 e. The Hall–Kier alpha value is -2.64. The highest BCUT2D eigenvalue weighted by Gasteiger charge is 2.13. The molecule has 0 fully saturated rings. The summed E-state index contributed by atoms with van der Waals surface area (Å²) in [6.07, 6.45) is 4.69. The molecule has 1 aromatic carbocycles. The molecule has 0 radical (unpaired) electrons. The van der Waals surface area contributed by atoms with Crippen molar-refractivity contribution >= 4 is 34.0 Å². The van der Waals surface area contributed by atoms with Gasteiger partial charge in [-0.15, -0.1) is 5.10 Å². The summed E-state index contributed by atoms with van der Waals surface area (Å²) >= 11 is 7.12. The van der Waals surface area contributed by atoms with Crippen LogP contribution in [-0.2, 0) is 0 Å². The van der Waals surface area contributed by atoms with Crippen molar-refractivity contribution in [2.45, 2.75) is 0 Å². The summed E-state index contributed by atoms with van der Waals surface area (Å²) in [6.45, 7) is 0. The van der Waals surface area contributed by atoms with Gasteiger partial charge in [0.2, 0.25) is 4.96 Å². The minimum atomic E-state index is -0.489. The first-order valence-corrected chi connectivity index (χ1v) is 8.08. The first kappa shape index (κ1) is 14.9. The molecule has 0 unspecified atom stereocenters. The lowest BCUT2D eigenvalue weighted by atomic mass is 10.2. The Bertz CT molecular complexity index is 1140. The van der Waals surface area contributed by atoms with Crippen LogP contribution in [0.4, 0.5) is 4.39 Å². The number of aromatic nitrogens is 4. The van der Waals surface area contributed by atoms with Crippen molar-refractivity contribution < 1.29 is 4.39 Å². The molecule has 0 saturated carbocycles. The van der Waals surface area contributed by atoms with Gasteiger partial charge in [-0.3, -0.25) is 9.78 Å². The summed E-state index contributed by atoms with van der Waals surface area (Å²) in [7, 11) is 0. The number of benzene rings is 1. The lowest BCUT2D eigenvalue weighted by Crippen LogP contribution is -2.23. The van der Waals surface area contributed by atoms with Crippen molar-refractivity contribution in [3.05, 3.63) is 74.0 Å². The van der Waals surface area contributed by atoms with Gasteiger partial charge in [-0.25, -0.2) is 4.39 Å². The van der Waals surface area contributed by atoms with Crippen LogP contribution in [0.1, 0.15) is 5.56 Å². The Balaban J connectivity index is 1.88. The molecule has 0 atom stereocenters. The third kappa shape index (κ3) is 2.47. The molecule has 5 nitrogen and oxygen atoms in total. The van der Waals surface area contributed by atoms with Crippen molar-refractivity contribution in [3.63, 3.8) is 0 Å². The van der Waals surface area contributed by atoms with Crippen LogP contribution in [0.2, 0.25) is 5.02 Å². The highest BCUT2D eigenvalue weighted by Crippen LogP contribution is 2.20. The van der Waals surface area contributed by atoms with Gasteiger partial charge in [0.15, 0.2) is 5.82 Å². The van der Waals surface area contributed by atoms with E-state index in [9.17, 15) is 9.18 Å². The second-order valence-electron chi connectivity index (χ2n) is 4.92. The Labute approximate surface area is 143 Å². The Morgan fingerprint density at radius 2 is 2.12 bits per heavy atom. The third-order valence-corrected chi connectivity index (χ3v) is 4.67. The molecule has 0 bridgehead atoms. The van der Waals surface area contributed by atoms with E-state index in [0.29, 0.717) is 15.3 Å². The monoisotopic (exact) mass is 358 g/mol. The van der Waals surface area contributed by atoms with E-state index in [1.54, 1.807) is 24.5 Å². The van der Waals surface area contributed by atoms with Gasteiger partial charge in [-0.1, -0.05) is 29.0 Å². The first-order valence-electron chi connectivity index (χ1n) is 6.89. The number of fused-ring (bicyclic) bond motifs is 1. The van der Waals surface area contributed by atoms with E-state index in [-0.39, 0.29) is 16.1 Å². The van der Waals surface area contributed by atoms with Gasteiger partial charge < -0.3 is 0 Å². The quantitative estimate of drug-likeness (QED) is 0.552. The molecule has 0 N–H and O–H groups in total. The predicted molar refractivity (Wildman–Crippen MR) is 90.6 cm³/mol. The highest BCUT2D eigenvalue weighted by molar-refractivity contribution is 7.15. The van der Waals surface area contributed by atoms with Crippen LogP contribution < -0.4 is 10.1 Å². The van der Waals surface area contributed by atoms with Crippen molar-refractivity contribution in [3.8, 4) is 11.4 Å². The normalized spacial score (nSPS) is 12.2. The van der Waals surface area contributed by atoms with Crippen molar-refractivity contribution in [1.29, 1.82) is 0 Å². The summed E-state index contributed by atoms with van der Waals surface area (Å²) in [5, 5.41) is 4.45. The van der Waals surface area contributed by atoms with E-state index in [4.69, 9.17) is 11.6 Å². The molecule has 4 aromatic rings. The van der Waals surface area contributed by atoms with Gasteiger partial charge in [-0.2, -0.15) is 9.50 Å². The summed E-state index contributed by atoms with van der Waals surface area (Å²) < 4.78 is 15.4. The molecule has 0 amide bonds. The molecule has 0 spiro atoms. The molecule has 24 heavy (non-hydrogen) atoms. The van der Waals surface area contributed by atoms with Crippen LogP contribution in [0, 0.1) is 5.82 Å². The van der Waals surface area contributed by atoms with Gasteiger partial charge >= 0.3 is 0 Å². The molecule has 0 saturated heterocycles. The molecule has 4 rings (SSSR count). The van der Waals surface area contributed by atoms with Gasteiger partial charge in [0.25, 0.3) is 5.56 Å². The third-order valence-electron chi connectivity index (χ3n) is 3.38. The van der Waals surface area contributed by atoms with Gasteiger partial charge in [0, 0.05) is 23.5 Å². The lowest BCUT2D eigenvalue weighted by Gasteiger charge is -1.97. The maximum Gasteiger partial charge on any atom is 0.291 e. The number of rotatable bonds is 2. The molecular weight excluding hydrogens is 351 g/mol. The largest absolute Gasteiger partial charge is 0.291 e. The summed E-state index contributed by atoms with van der Waals surface area (Å²) in [6, 6.07) is 7.94. The molecule has 3 aromatic heterocycles. The maximum absolute atomic E-state index is 13.9. The fraction of sp³-hybridized carbons (Fsp3) is 0. The number of halogens is 2. The van der Waals surface area contributed by atoms with E-state index in [1.165, 1.54) is 22.7 Å². The molecule has 0 aliphatic rings. The smallest absolute Gasteiger partial charge is 0.266 e. The molecule has 8 heteroatoms. The zero-order chi connectivity index (χ0) is 16.7. The van der Waals surface area contributed by atoms with E-state index >= 15 is 0 Å². The van der Waals surface area contributed by atoms with Crippen LogP contribution >= 0.6 is 22.9 Å².